The molecule has 1 fully saturated rings. The average Bonchev–Trinajstić information content (AvgIpc) is 3.01. The van der Waals surface area contributed by atoms with E-state index in [9.17, 15) is 0 Å². The van der Waals surface area contributed by atoms with Gasteiger partial charge in [-0.25, -0.2) is 0 Å². The summed E-state index contributed by atoms with van der Waals surface area (Å²) in [6.07, 6.45) is 6.46. The minimum absolute atomic E-state index is 0.321. The van der Waals surface area contributed by atoms with Crippen molar-refractivity contribution in [2.75, 3.05) is 13.2 Å². The Morgan fingerprint density at radius 1 is 1.60 bits per heavy atom. The van der Waals surface area contributed by atoms with Crippen molar-refractivity contribution in [1.82, 2.24) is 0 Å². The van der Waals surface area contributed by atoms with E-state index < -0.39 is 0 Å². The minimum atomic E-state index is 0.321. The lowest BCUT2D eigenvalue weighted by atomic mass is 10.1. The molecular weight excluding hydrogens is 188 g/mol. The number of hydrogen-bond donors (Lipinski definition) is 0. The molecule has 0 aromatic heterocycles. The summed E-state index contributed by atoms with van der Waals surface area (Å²) in [6, 6.07) is 6.14. The molecule has 2 rings (SSSR count). The van der Waals surface area contributed by atoms with Gasteiger partial charge >= 0.3 is 0 Å². The van der Waals surface area contributed by atoms with Gasteiger partial charge in [0.25, 0.3) is 0 Å². The van der Waals surface area contributed by atoms with E-state index in [2.05, 4.69) is 18.9 Å². The van der Waals surface area contributed by atoms with Gasteiger partial charge in [0.05, 0.1) is 12.7 Å². The number of rotatable bonds is 4. The second kappa shape index (κ2) is 4.37. The normalized spacial score (nSPS) is 18.3. The molecule has 1 atom stereocenters. The average molecular weight is 202 g/mol. The van der Waals surface area contributed by atoms with Crippen LogP contribution in [0.15, 0.2) is 18.2 Å². The molecule has 1 saturated heterocycles. The molecule has 0 saturated carbocycles. The van der Waals surface area contributed by atoms with Crippen molar-refractivity contribution in [1.29, 1.82) is 0 Å². The van der Waals surface area contributed by atoms with Crippen molar-refractivity contribution in [2.45, 2.75) is 19.4 Å². The Labute approximate surface area is 90.2 Å². The summed E-state index contributed by atoms with van der Waals surface area (Å²) in [5.41, 5.74) is 2.42. The molecule has 1 aliphatic heterocycles. The SMILES string of the molecule is C#CCOc1ccc(C)cc1CC1CO1. The molecule has 0 spiro atoms. The van der Waals surface area contributed by atoms with Crippen LogP contribution < -0.4 is 4.74 Å². The molecule has 2 heteroatoms. The van der Waals surface area contributed by atoms with Crippen molar-refractivity contribution >= 4 is 0 Å². The second-order valence-electron chi connectivity index (χ2n) is 3.76. The van der Waals surface area contributed by atoms with E-state index in [0.29, 0.717) is 12.7 Å². The monoisotopic (exact) mass is 202 g/mol. The third kappa shape index (κ3) is 2.74. The molecule has 1 aromatic rings. The molecule has 15 heavy (non-hydrogen) atoms. The van der Waals surface area contributed by atoms with Gasteiger partial charge in [-0.2, -0.15) is 0 Å². The van der Waals surface area contributed by atoms with Gasteiger partial charge in [-0.05, 0) is 18.6 Å². The summed E-state index contributed by atoms with van der Waals surface area (Å²) >= 11 is 0. The van der Waals surface area contributed by atoms with Crippen LogP contribution >= 0.6 is 0 Å². The van der Waals surface area contributed by atoms with E-state index in [4.69, 9.17) is 15.9 Å². The van der Waals surface area contributed by atoms with E-state index in [-0.39, 0.29) is 0 Å². The van der Waals surface area contributed by atoms with Crippen molar-refractivity contribution in [3.8, 4) is 18.1 Å². The third-order valence-electron chi connectivity index (χ3n) is 2.38. The first-order valence-corrected chi connectivity index (χ1v) is 5.07. The van der Waals surface area contributed by atoms with E-state index in [1.165, 1.54) is 11.1 Å². The van der Waals surface area contributed by atoms with Gasteiger partial charge in [0, 0.05) is 6.42 Å². The number of hydrogen-bond acceptors (Lipinski definition) is 2. The first-order chi connectivity index (χ1) is 7.29. The maximum absolute atomic E-state index is 5.48. The zero-order valence-electron chi connectivity index (χ0n) is 8.82. The van der Waals surface area contributed by atoms with Crippen LogP contribution in [-0.4, -0.2) is 19.3 Å². The Balaban J connectivity index is 2.14. The van der Waals surface area contributed by atoms with E-state index >= 15 is 0 Å². The van der Waals surface area contributed by atoms with Crippen molar-refractivity contribution in [3.63, 3.8) is 0 Å². The number of benzene rings is 1. The Morgan fingerprint density at radius 2 is 2.40 bits per heavy atom. The van der Waals surface area contributed by atoms with Gasteiger partial charge < -0.3 is 9.47 Å². The summed E-state index contributed by atoms with van der Waals surface area (Å²) in [4.78, 5) is 0. The third-order valence-corrected chi connectivity index (χ3v) is 2.38. The quantitative estimate of drug-likeness (QED) is 0.550. The highest BCUT2D eigenvalue weighted by Gasteiger charge is 2.24. The Kier molecular flexibility index (Phi) is 2.94. The lowest BCUT2D eigenvalue weighted by molar-refractivity contribution is 0.360. The maximum Gasteiger partial charge on any atom is 0.148 e. The van der Waals surface area contributed by atoms with Gasteiger partial charge in [0.1, 0.15) is 12.4 Å². The second-order valence-corrected chi connectivity index (χ2v) is 3.76. The number of ether oxygens (including phenoxy) is 2. The molecule has 78 valence electrons. The Morgan fingerprint density at radius 3 is 3.07 bits per heavy atom. The summed E-state index contributed by atoms with van der Waals surface area (Å²) < 4.78 is 10.7. The highest BCUT2D eigenvalue weighted by Crippen LogP contribution is 2.25. The Hall–Kier alpha value is -1.46. The summed E-state index contributed by atoms with van der Waals surface area (Å²) in [5.74, 6) is 3.36. The van der Waals surface area contributed by atoms with Crippen LogP contribution in [0.4, 0.5) is 0 Å². The maximum atomic E-state index is 5.48. The predicted molar refractivity (Wildman–Crippen MR) is 59.0 cm³/mol. The molecule has 2 nitrogen and oxygen atoms in total. The van der Waals surface area contributed by atoms with E-state index in [0.717, 1.165) is 18.8 Å². The topological polar surface area (TPSA) is 21.8 Å². The molecule has 1 aromatic carbocycles. The fourth-order valence-electron chi connectivity index (χ4n) is 1.56. The molecule has 0 amide bonds. The van der Waals surface area contributed by atoms with Crippen LogP contribution in [0.1, 0.15) is 11.1 Å². The molecular formula is C13H14O2. The number of epoxide rings is 1. The zero-order chi connectivity index (χ0) is 10.7. The number of terminal acetylenes is 1. The van der Waals surface area contributed by atoms with Crippen molar-refractivity contribution in [3.05, 3.63) is 29.3 Å². The fourth-order valence-corrected chi connectivity index (χ4v) is 1.56. The van der Waals surface area contributed by atoms with Gasteiger partial charge in [-0.1, -0.05) is 23.6 Å². The van der Waals surface area contributed by atoms with Crippen molar-refractivity contribution < 1.29 is 9.47 Å². The van der Waals surface area contributed by atoms with Gasteiger partial charge in [0.15, 0.2) is 0 Å². The molecule has 1 unspecified atom stereocenters. The minimum Gasteiger partial charge on any atom is -0.481 e. The fraction of sp³-hybridized carbons (Fsp3) is 0.385. The van der Waals surface area contributed by atoms with Crippen LogP contribution in [0, 0.1) is 19.3 Å². The summed E-state index contributed by atoms with van der Waals surface area (Å²) in [7, 11) is 0. The van der Waals surface area contributed by atoms with Gasteiger partial charge in [-0.3, -0.25) is 0 Å². The lowest BCUT2D eigenvalue weighted by Gasteiger charge is -2.09. The summed E-state index contributed by atoms with van der Waals surface area (Å²) in [5, 5.41) is 0. The molecule has 0 bridgehead atoms. The molecule has 0 N–H and O–H groups in total. The Bertz CT molecular complexity index is 386. The van der Waals surface area contributed by atoms with E-state index in [1.54, 1.807) is 0 Å². The van der Waals surface area contributed by atoms with E-state index in [1.807, 2.05) is 12.1 Å². The first kappa shape index (κ1) is 10.1. The largest absolute Gasteiger partial charge is 0.481 e. The molecule has 1 aliphatic rings. The smallest absolute Gasteiger partial charge is 0.148 e. The molecule has 0 aliphatic carbocycles. The van der Waals surface area contributed by atoms with Gasteiger partial charge in [0.2, 0.25) is 0 Å². The predicted octanol–water partition coefficient (Wildman–Crippen LogP) is 1.95. The zero-order valence-corrected chi connectivity index (χ0v) is 8.82. The molecule has 0 radical (unpaired) electrons. The van der Waals surface area contributed by atoms with Crippen LogP contribution in [0.25, 0.3) is 0 Å². The van der Waals surface area contributed by atoms with Gasteiger partial charge in [-0.15, -0.1) is 6.42 Å². The van der Waals surface area contributed by atoms with Crippen LogP contribution in [0.5, 0.6) is 5.75 Å². The number of aryl methyl sites for hydroxylation is 1. The highest BCUT2D eigenvalue weighted by molar-refractivity contribution is 5.37. The first-order valence-electron chi connectivity index (χ1n) is 5.07. The standard InChI is InChI=1S/C13H14O2/c1-3-6-14-13-5-4-10(2)7-11(13)8-12-9-15-12/h1,4-5,7,12H,6,8-9H2,2H3. The van der Waals surface area contributed by atoms with Crippen LogP contribution in [0.2, 0.25) is 0 Å². The van der Waals surface area contributed by atoms with Crippen molar-refractivity contribution in [2.24, 2.45) is 0 Å². The lowest BCUT2D eigenvalue weighted by Crippen LogP contribution is -2.01. The van der Waals surface area contributed by atoms with Crippen LogP contribution in [0.3, 0.4) is 0 Å². The molecule has 1 heterocycles. The highest BCUT2D eigenvalue weighted by atomic mass is 16.6. The van der Waals surface area contributed by atoms with Crippen LogP contribution in [-0.2, 0) is 11.2 Å². The summed E-state index contributed by atoms with van der Waals surface area (Å²) in [6.45, 7) is 3.26.